The molecule has 0 radical (unpaired) electrons. The van der Waals surface area contributed by atoms with Crippen molar-refractivity contribution in [2.24, 2.45) is 0 Å². The zero-order valence-electron chi connectivity index (χ0n) is 14.0. The van der Waals surface area contributed by atoms with Crippen LogP contribution in [0, 0.1) is 0 Å². The van der Waals surface area contributed by atoms with E-state index in [1.54, 1.807) is 30.3 Å². The molecule has 1 aliphatic rings. The molecule has 1 amide bonds. The molecule has 6 heteroatoms. The Labute approximate surface area is 160 Å². The highest BCUT2D eigenvalue weighted by Gasteiger charge is 2.27. The number of anilines is 1. The van der Waals surface area contributed by atoms with Crippen LogP contribution >= 0.6 is 11.6 Å². The standard InChI is InChI=1S/C21H13ClN2O3/c22-16-7-4-8-17-20(16)15(21(26)24-17)11-18(25)13-9-10-19(23-12-13)27-14-5-2-1-3-6-14/h1-12H,(H,24,26)/b15-11+. The monoisotopic (exact) mass is 376 g/mol. The van der Waals surface area contributed by atoms with Gasteiger partial charge < -0.3 is 10.1 Å². The minimum atomic E-state index is -0.358. The van der Waals surface area contributed by atoms with Crippen molar-refractivity contribution in [3.8, 4) is 11.6 Å². The summed E-state index contributed by atoms with van der Waals surface area (Å²) in [5, 5.41) is 3.11. The number of ether oxygens (including phenoxy) is 1. The first kappa shape index (κ1) is 17.0. The molecule has 0 fully saturated rings. The summed E-state index contributed by atoms with van der Waals surface area (Å²) in [5.74, 6) is 0.326. The van der Waals surface area contributed by atoms with Gasteiger partial charge in [0.2, 0.25) is 5.88 Å². The zero-order valence-corrected chi connectivity index (χ0v) is 14.7. The number of allylic oxidation sites excluding steroid dienone is 1. The van der Waals surface area contributed by atoms with Crippen LogP contribution in [0.1, 0.15) is 15.9 Å². The van der Waals surface area contributed by atoms with E-state index < -0.39 is 0 Å². The molecule has 132 valence electrons. The predicted molar refractivity (Wildman–Crippen MR) is 103 cm³/mol. The molecule has 1 aliphatic heterocycles. The highest BCUT2D eigenvalue weighted by molar-refractivity contribution is 6.41. The van der Waals surface area contributed by atoms with Crippen molar-refractivity contribution in [1.82, 2.24) is 4.98 Å². The molecule has 0 bridgehead atoms. The van der Waals surface area contributed by atoms with Crippen LogP contribution in [-0.4, -0.2) is 16.7 Å². The van der Waals surface area contributed by atoms with Crippen molar-refractivity contribution in [2.45, 2.75) is 0 Å². The number of carbonyl (C=O) groups is 2. The smallest absolute Gasteiger partial charge is 0.256 e. The van der Waals surface area contributed by atoms with Crippen LogP contribution < -0.4 is 10.1 Å². The molecule has 3 aromatic rings. The highest BCUT2D eigenvalue weighted by atomic mass is 35.5. The average Bonchev–Trinajstić information content (AvgIpc) is 3.00. The number of halogens is 1. The molecule has 5 nitrogen and oxygen atoms in total. The molecule has 1 aromatic heterocycles. The van der Waals surface area contributed by atoms with Gasteiger partial charge >= 0.3 is 0 Å². The van der Waals surface area contributed by atoms with Gasteiger partial charge in [0.05, 0.1) is 16.3 Å². The Bertz CT molecular complexity index is 1060. The molecule has 0 aliphatic carbocycles. The number of hydrogen-bond acceptors (Lipinski definition) is 4. The number of fused-ring (bicyclic) bond motifs is 1. The van der Waals surface area contributed by atoms with Crippen molar-refractivity contribution < 1.29 is 14.3 Å². The van der Waals surface area contributed by atoms with E-state index in [0.29, 0.717) is 33.5 Å². The van der Waals surface area contributed by atoms with Gasteiger partial charge in [-0.15, -0.1) is 0 Å². The largest absolute Gasteiger partial charge is 0.439 e. The fraction of sp³-hybridized carbons (Fsp3) is 0. The molecule has 0 atom stereocenters. The number of aromatic nitrogens is 1. The highest BCUT2D eigenvalue weighted by Crippen LogP contribution is 2.37. The molecule has 0 saturated carbocycles. The number of ketones is 1. The summed E-state index contributed by atoms with van der Waals surface area (Å²) >= 11 is 6.18. The van der Waals surface area contributed by atoms with E-state index in [9.17, 15) is 9.59 Å². The fourth-order valence-corrected chi connectivity index (χ4v) is 3.03. The van der Waals surface area contributed by atoms with E-state index in [1.165, 1.54) is 12.3 Å². The van der Waals surface area contributed by atoms with E-state index in [1.807, 2.05) is 30.3 Å². The van der Waals surface area contributed by atoms with Gasteiger partial charge in [0.15, 0.2) is 5.78 Å². The molecule has 0 spiro atoms. The number of rotatable bonds is 4. The lowest BCUT2D eigenvalue weighted by Gasteiger charge is -2.05. The van der Waals surface area contributed by atoms with Crippen LogP contribution in [0.5, 0.6) is 11.6 Å². The number of benzene rings is 2. The van der Waals surface area contributed by atoms with E-state index >= 15 is 0 Å². The molecule has 2 aromatic carbocycles. The van der Waals surface area contributed by atoms with Gasteiger partial charge in [-0.3, -0.25) is 9.59 Å². The topological polar surface area (TPSA) is 68.3 Å². The number of pyridine rings is 1. The Balaban J connectivity index is 1.57. The van der Waals surface area contributed by atoms with Gasteiger partial charge in [-0.1, -0.05) is 35.9 Å². The van der Waals surface area contributed by atoms with Crippen molar-refractivity contribution in [3.05, 3.63) is 89.1 Å². The van der Waals surface area contributed by atoms with Crippen LogP contribution in [0.2, 0.25) is 5.02 Å². The summed E-state index contributed by atoms with van der Waals surface area (Å²) in [5.41, 5.74) is 1.72. The summed E-state index contributed by atoms with van der Waals surface area (Å²) < 4.78 is 5.61. The van der Waals surface area contributed by atoms with Gasteiger partial charge in [0.1, 0.15) is 5.75 Å². The van der Waals surface area contributed by atoms with Gasteiger partial charge in [-0.05, 0) is 36.4 Å². The van der Waals surface area contributed by atoms with E-state index in [4.69, 9.17) is 16.3 Å². The van der Waals surface area contributed by atoms with Crippen LogP contribution in [-0.2, 0) is 4.79 Å². The Morgan fingerprint density at radius 2 is 1.85 bits per heavy atom. The third kappa shape index (κ3) is 3.45. The maximum Gasteiger partial charge on any atom is 0.256 e. The number of hydrogen-bond donors (Lipinski definition) is 1. The first-order valence-corrected chi connectivity index (χ1v) is 8.55. The Kier molecular flexibility index (Phi) is 4.44. The summed E-state index contributed by atoms with van der Waals surface area (Å²) in [4.78, 5) is 28.9. The van der Waals surface area contributed by atoms with Gasteiger partial charge in [0.25, 0.3) is 5.91 Å². The second kappa shape index (κ2) is 7.05. The van der Waals surface area contributed by atoms with E-state index in [2.05, 4.69) is 10.3 Å². The fourth-order valence-electron chi connectivity index (χ4n) is 2.75. The SMILES string of the molecule is O=C1Nc2cccc(Cl)c2/C1=C\C(=O)c1ccc(Oc2ccccc2)nc1. The van der Waals surface area contributed by atoms with Crippen molar-refractivity contribution >= 4 is 34.6 Å². The molecule has 4 rings (SSSR count). The first-order chi connectivity index (χ1) is 13.1. The number of carbonyl (C=O) groups excluding carboxylic acids is 2. The lowest BCUT2D eigenvalue weighted by molar-refractivity contribution is -0.110. The third-order valence-corrected chi connectivity index (χ3v) is 4.35. The van der Waals surface area contributed by atoms with Crippen molar-refractivity contribution in [3.63, 3.8) is 0 Å². The lowest BCUT2D eigenvalue weighted by Crippen LogP contribution is -2.06. The quantitative estimate of drug-likeness (QED) is 0.527. The normalized spacial score (nSPS) is 14.0. The van der Waals surface area contributed by atoms with Crippen molar-refractivity contribution in [2.75, 3.05) is 5.32 Å². The van der Waals surface area contributed by atoms with Crippen LogP contribution in [0.4, 0.5) is 5.69 Å². The number of amides is 1. The molecule has 27 heavy (non-hydrogen) atoms. The van der Waals surface area contributed by atoms with E-state index in [-0.39, 0.29) is 17.3 Å². The zero-order chi connectivity index (χ0) is 18.8. The summed E-state index contributed by atoms with van der Waals surface area (Å²) in [7, 11) is 0. The first-order valence-electron chi connectivity index (χ1n) is 8.17. The van der Waals surface area contributed by atoms with Crippen LogP contribution in [0.25, 0.3) is 5.57 Å². The number of para-hydroxylation sites is 1. The molecule has 0 unspecified atom stereocenters. The van der Waals surface area contributed by atoms with Crippen molar-refractivity contribution in [1.29, 1.82) is 0 Å². The third-order valence-electron chi connectivity index (χ3n) is 4.04. The van der Waals surface area contributed by atoms with Gasteiger partial charge in [-0.25, -0.2) is 4.98 Å². The minimum Gasteiger partial charge on any atom is -0.439 e. The Morgan fingerprint density at radius 3 is 2.59 bits per heavy atom. The summed E-state index contributed by atoms with van der Waals surface area (Å²) in [6.45, 7) is 0. The maximum atomic E-state index is 12.6. The summed E-state index contributed by atoms with van der Waals surface area (Å²) in [6, 6.07) is 17.6. The Hall–Kier alpha value is -3.44. The minimum absolute atomic E-state index is 0.241. The number of nitrogens with one attached hydrogen (secondary N) is 1. The lowest BCUT2D eigenvalue weighted by atomic mass is 10.0. The van der Waals surface area contributed by atoms with Gasteiger partial charge in [0, 0.05) is 23.4 Å². The summed E-state index contributed by atoms with van der Waals surface area (Å²) in [6.07, 6.45) is 2.69. The van der Waals surface area contributed by atoms with Gasteiger partial charge in [-0.2, -0.15) is 0 Å². The second-order valence-electron chi connectivity index (χ2n) is 5.84. The average molecular weight is 377 g/mol. The van der Waals surface area contributed by atoms with E-state index in [0.717, 1.165) is 0 Å². The molecule has 0 saturated heterocycles. The maximum absolute atomic E-state index is 12.6. The predicted octanol–water partition coefficient (Wildman–Crippen LogP) is 4.75. The second-order valence-corrected chi connectivity index (χ2v) is 6.25. The molecule has 2 heterocycles. The Morgan fingerprint density at radius 1 is 1.04 bits per heavy atom. The molecule has 1 N–H and O–H groups in total. The van der Waals surface area contributed by atoms with Crippen LogP contribution in [0.15, 0.2) is 72.9 Å². The van der Waals surface area contributed by atoms with Crippen LogP contribution in [0.3, 0.4) is 0 Å². The number of nitrogens with zero attached hydrogens (tertiary/aromatic N) is 1. The molecular formula is C21H13ClN2O3. The molecular weight excluding hydrogens is 364 g/mol.